The lowest BCUT2D eigenvalue weighted by Gasteiger charge is -2.06. The van der Waals surface area contributed by atoms with Crippen LogP contribution in [0.3, 0.4) is 0 Å². The molecule has 146 valence electrons. The smallest absolute Gasteiger partial charge is 0.285 e. The SMILES string of the molecule is CCOc1ccc(NC(=[NH+]c2ccc(OCC)cc2)c2ccccc2)cc1.[Cl-]. The Bertz CT molecular complexity index is 863. The first-order chi connectivity index (χ1) is 13.3. The van der Waals surface area contributed by atoms with Gasteiger partial charge in [0.15, 0.2) is 0 Å². The van der Waals surface area contributed by atoms with Crippen LogP contribution in [0.25, 0.3) is 0 Å². The molecule has 0 amide bonds. The number of benzene rings is 3. The van der Waals surface area contributed by atoms with E-state index < -0.39 is 0 Å². The summed E-state index contributed by atoms with van der Waals surface area (Å²) in [6.07, 6.45) is 0. The molecule has 0 fully saturated rings. The highest BCUT2D eigenvalue weighted by Crippen LogP contribution is 2.16. The van der Waals surface area contributed by atoms with Gasteiger partial charge in [0.1, 0.15) is 22.9 Å². The van der Waals surface area contributed by atoms with E-state index in [9.17, 15) is 0 Å². The molecule has 0 aromatic heterocycles. The van der Waals surface area contributed by atoms with Crippen molar-refractivity contribution in [2.75, 3.05) is 18.5 Å². The van der Waals surface area contributed by atoms with Crippen molar-refractivity contribution >= 4 is 17.2 Å². The Morgan fingerprint density at radius 1 is 0.750 bits per heavy atom. The van der Waals surface area contributed by atoms with Crippen LogP contribution in [0.15, 0.2) is 78.9 Å². The molecule has 0 bridgehead atoms. The Labute approximate surface area is 172 Å². The second-order valence-corrected chi connectivity index (χ2v) is 5.91. The number of anilines is 1. The molecular formula is C23H25ClN2O2. The van der Waals surface area contributed by atoms with E-state index in [2.05, 4.69) is 22.4 Å². The number of hydrogen-bond acceptors (Lipinski definition) is 2. The van der Waals surface area contributed by atoms with Crippen LogP contribution < -0.4 is 32.2 Å². The average molecular weight is 397 g/mol. The summed E-state index contributed by atoms with van der Waals surface area (Å²) >= 11 is 0. The predicted octanol–water partition coefficient (Wildman–Crippen LogP) is 0.759. The highest BCUT2D eigenvalue weighted by atomic mass is 35.5. The van der Waals surface area contributed by atoms with Crippen molar-refractivity contribution in [3.63, 3.8) is 0 Å². The van der Waals surface area contributed by atoms with E-state index in [1.165, 1.54) is 0 Å². The van der Waals surface area contributed by atoms with Gasteiger partial charge in [-0.1, -0.05) is 18.2 Å². The van der Waals surface area contributed by atoms with Gasteiger partial charge < -0.3 is 21.9 Å². The first-order valence-corrected chi connectivity index (χ1v) is 9.20. The van der Waals surface area contributed by atoms with E-state index in [-0.39, 0.29) is 12.4 Å². The zero-order valence-corrected chi connectivity index (χ0v) is 16.9. The van der Waals surface area contributed by atoms with Crippen LogP contribution in [0.1, 0.15) is 19.4 Å². The van der Waals surface area contributed by atoms with Gasteiger partial charge in [-0.25, -0.2) is 10.3 Å². The van der Waals surface area contributed by atoms with Gasteiger partial charge in [0, 0.05) is 0 Å². The lowest BCUT2D eigenvalue weighted by molar-refractivity contribution is -0.353. The number of hydrogen-bond donors (Lipinski definition) is 2. The fourth-order valence-electron chi connectivity index (χ4n) is 2.67. The molecule has 0 radical (unpaired) electrons. The monoisotopic (exact) mass is 396 g/mol. The van der Waals surface area contributed by atoms with Gasteiger partial charge in [0.2, 0.25) is 0 Å². The molecule has 2 N–H and O–H groups in total. The van der Waals surface area contributed by atoms with Crippen LogP contribution in [-0.4, -0.2) is 19.0 Å². The van der Waals surface area contributed by atoms with Crippen LogP contribution in [-0.2, 0) is 0 Å². The van der Waals surface area contributed by atoms with Gasteiger partial charge in [-0.15, -0.1) is 0 Å². The first kappa shape index (κ1) is 21.3. The van der Waals surface area contributed by atoms with Crippen molar-refractivity contribution in [2.24, 2.45) is 0 Å². The van der Waals surface area contributed by atoms with E-state index in [4.69, 9.17) is 9.47 Å². The molecule has 3 aromatic rings. The Morgan fingerprint density at radius 2 is 1.29 bits per heavy atom. The summed E-state index contributed by atoms with van der Waals surface area (Å²) in [5.41, 5.74) is 3.03. The van der Waals surface area contributed by atoms with Gasteiger partial charge in [-0.2, -0.15) is 0 Å². The minimum absolute atomic E-state index is 0. The molecule has 5 heteroatoms. The molecule has 4 nitrogen and oxygen atoms in total. The molecule has 0 unspecified atom stereocenters. The summed E-state index contributed by atoms with van der Waals surface area (Å²) in [5.74, 6) is 2.64. The first-order valence-electron chi connectivity index (χ1n) is 9.20. The third-order valence-corrected chi connectivity index (χ3v) is 3.93. The van der Waals surface area contributed by atoms with Crippen molar-refractivity contribution in [2.45, 2.75) is 13.8 Å². The summed E-state index contributed by atoms with van der Waals surface area (Å²) in [5, 5.41) is 3.47. The van der Waals surface area contributed by atoms with Crippen LogP contribution >= 0.6 is 0 Å². The van der Waals surface area contributed by atoms with Crippen molar-refractivity contribution in [1.29, 1.82) is 0 Å². The van der Waals surface area contributed by atoms with E-state index in [0.717, 1.165) is 34.3 Å². The fraction of sp³-hybridized carbons (Fsp3) is 0.174. The van der Waals surface area contributed by atoms with Crippen molar-refractivity contribution in [1.82, 2.24) is 0 Å². The minimum atomic E-state index is 0. The van der Waals surface area contributed by atoms with Crippen LogP contribution in [0.4, 0.5) is 11.4 Å². The normalized spacial score (nSPS) is 10.7. The minimum Gasteiger partial charge on any atom is -1.00 e. The van der Waals surface area contributed by atoms with Gasteiger partial charge in [0.25, 0.3) is 5.84 Å². The molecule has 0 aliphatic heterocycles. The molecule has 0 atom stereocenters. The third kappa shape index (κ3) is 6.03. The van der Waals surface area contributed by atoms with E-state index in [0.29, 0.717) is 13.2 Å². The van der Waals surface area contributed by atoms with Gasteiger partial charge in [-0.3, -0.25) is 0 Å². The molecular weight excluding hydrogens is 372 g/mol. The number of ether oxygens (including phenoxy) is 2. The number of rotatable bonds is 7. The van der Waals surface area contributed by atoms with Crippen LogP contribution in [0.5, 0.6) is 11.5 Å². The lowest BCUT2D eigenvalue weighted by Crippen LogP contribution is -3.00. The highest BCUT2D eigenvalue weighted by molar-refractivity contribution is 6.04. The Hall–Kier alpha value is -2.98. The molecule has 0 heterocycles. The Kier molecular flexibility index (Phi) is 8.37. The maximum absolute atomic E-state index is 5.52. The summed E-state index contributed by atoms with van der Waals surface area (Å²) in [6.45, 7) is 5.28. The van der Waals surface area contributed by atoms with Crippen LogP contribution in [0, 0.1) is 0 Å². The number of nitrogens with one attached hydrogen (secondary N) is 2. The van der Waals surface area contributed by atoms with E-state index in [1.807, 2.05) is 80.6 Å². The molecule has 0 saturated carbocycles. The maximum atomic E-state index is 5.52. The molecule has 0 aliphatic carbocycles. The number of amidine groups is 1. The quantitative estimate of drug-likeness (QED) is 0.458. The van der Waals surface area contributed by atoms with Gasteiger partial charge in [-0.05, 0) is 74.5 Å². The molecule has 3 rings (SSSR count). The van der Waals surface area contributed by atoms with Gasteiger partial charge in [0.05, 0.1) is 18.8 Å². The Morgan fingerprint density at radius 3 is 1.82 bits per heavy atom. The summed E-state index contributed by atoms with van der Waals surface area (Å²) < 4.78 is 11.0. The maximum Gasteiger partial charge on any atom is 0.285 e. The average Bonchev–Trinajstić information content (AvgIpc) is 2.71. The second-order valence-electron chi connectivity index (χ2n) is 5.91. The van der Waals surface area contributed by atoms with Crippen molar-refractivity contribution in [3.8, 4) is 11.5 Å². The molecule has 0 aliphatic rings. The van der Waals surface area contributed by atoms with Crippen molar-refractivity contribution < 1.29 is 26.9 Å². The van der Waals surface area contributed by atoms with Crippen LogP contribution in [0.2, 0.25) is 0 Å². The lowest BCUT2D eigenvalue weighted by atomic mass is 10.2. The predicted molar refractivity (Wildman–Crippen MR) is 110 cm³/mol. The summed E-state index contributed by atoms with van der Waals surface area (Å²) in [7, 11) is 0. The molecule has 28 heavy (non-hydrogen) atoms. The second kappa shape index (κ2) is 11.0. The third-order valence-electron chi connectivity index (χ3n) is 3.93. The fourth-order valence-corrected chi connectivity index (χ4v) is 2.67. The summed E-state index contributed by atoms with van der Waals surface area (Å²) in [4.78, 5) is 3.47. The highest BCUT2D eigenvalue weighted by Gasteiger charge is 2.12. The molecule has 0 saturated heterocycles. The Balaban J connectivity index is 0.00000280. The molecule has 3 aromatic carbocycles. The van der Waals surface area contributed by atoms with Gasteiger partial charge >= 0.3 is 0 Å². The molecule has 0 spiro atoms. The zero-order chi connectivity index (χ0) is 18.9. The zero-order valence-electron chi connectivity index (χ0n) is 16.1. The van der Waals surface area contributed by atoms with E-state index >= 15 is 0 Å². The van der Waals surface area contributed by atoms with E-state index in [1.54, 1.807) is 0 Å². The standard InChI is InChI=1S/C23H24N2O2.ClH/c1-3-26-21-14-10-19(11-15-21)24-23(18-8-6-5-7-9-18)25-20-12-16-22(17-13-20)27-4-2;/h5-17H,3-4H2,1-2H3,(H,24,25);1H. The topological polar surface area (TPSA) is 44.5 Å². The summed E-state index contributed by atoms with van der Waals surface area (Å²) in [6, 6.07) is 26.1. The largest absolute Gasteiger partial charge is 1.00 e. The van der Waals surface area contributed by atoms with Crippen molar-refractivity contribution in [3.05, 3.63) is 84.4 Å². The number of halogens is 1.